The number of benzene rings is 2. The van der Waals surface area contributed by atoms with Gasteiger partial charge in [-0.15, -0.1) is 0 Å². The summed E-state index contributed by atoms with van der Waals surface area (Å²) in [5, 5.41) is 3.38. The normalized spacial score (nSPS) is 20.9. The lowest BCUT2D eigenvalue weighted by Crippen LogP contribution is -2.48. The lowest BCUT2D eigenvalue weighted by molar-refractivity contribution is -0.135. The second kappa shape index (κ2) is 11.8. The first-order valence-electron chi connectivity index (χ1n) is 13.1. The van der Waals surface area contributed by atoms with Crippen LogP contribution in [-0.4, -0.2) is 77.9 Å². The first-order chi connectivity index (χ1) is 16.9. The molecule has 6 heteroatoms. The van der Waals surface area contributed by atoms with E-state index in [1.165, 1.54) is 5.56 Å². The summed E-state index contributed by atoms with van der Waals surface area (Å²) < 4.78 is 0. The Balaban J connectivity index is 1.60. The first kappa shape index (κ1) is 25.4. The van der Waals surface area contributed by atoms with Crippen LogP contribution in [0.2, 0.25) is 0 Å². The van der Waals surface area contributed by atoms with E-state index in [9.17, 15) is 9.59 Å². The maximum absolute atomic E-state index is 13.8. The largest absolute Gasteiger partial charge is 0.340 e. The summed E-state index contributed by atoms with van der Waals surface area (Å²) in [6.07, 6.45) is 1.63. The van der Waals surface area contributed by atoms with Crippen LogP contribution in [0.1, 0.15) is 48.2 Å². The third kappa shape index (κ3) is 6.50. The lowest BCUT2D eigenvalue weighted by atomic mass is 10.1. The Morgan fingerprint density at radius 1 is 1.03 bits per heavy atom. The SMILES string of the molecule is Cc1ccc(C(=O)N2CC(N(Cc3ccccc3)CC(C)C)CC2C(=O)N2CCCNCC2)cc1. The van der Waals surface area contributed by atoms with Gasteiger partial charge in [0.25, 0.3) is 5.91 Å². The van der Waals surface area contributed by atoms with Crippen LogP contribution < -0.4 is 5.32 Å². The highest BCUT2D eigenvalue weighted by Crippen LogP contribution is 2.28. The van der Waals surface area contributed by atoms with Gasteiger partial charge in [0.15, 0.2) is 0 Å². The van der Waals surface area contributed by atoms with Crippen LogP contribution in [0.25, 0.3) is 0 Å². The van der Waals surface area contributed by atoms with Gasteiger partial charge in [0, 0.05) is 50.9 Å². The van der Waals surface area contributed by atoms with Crippen molar-refractivity contribution in [2.45, 2.75) is 52.2 Å². The number of carbonyl (C=O) groups is 2. The van der Waals surface area contributed by atoms with Gasteiger partial charge in [-0.1, -0.05) is 61.9 Å². The summed E-state index contributed by atoms with van der Waals surface area (Å²) in [6.45, 7) is 12.0. The van der Waals surface area contributed by atoms with Crippen LogP contribution in [-0.2, 0) is 11.3 Å². The fraction of sp³-hybridized carbons (Fsp3) is 0.517. The fourth-order valence-corrected chi connectivity index (χ4v) is 5.31. The van der Waals surface area contributed by atoms with Crippen LogP contribution >= 0.6 is 0 Å². The van der Waals surface area contributed by atoms with E-state index < -0.39 is 6.04 Å². The third-order valence-electron chi connectivity index (χ3n) is 7.12. The lowest BCUT2D eigenvalue weighted by Gasteiger charge is -2.30. The topological polar surface area (TPSA) is 55.9 Å². The third-order valence-corrected chi connectivity index (χ3v) is 7.12. The molecule has 2 atom stereocenters. The van der Waals surface area contributed by atoms with Gasteiger partial charge in [0.05, 0.1) is 0 Å². The molecular weight excluding hydrogens is 436 g/mol. The predicted molar refractivity (Wildman–Crippen MR) is 140 cm³/mol. The highest BCUT2D eigenvalue weighted by Gasteiger charge is 2.43. The van der Waals surface area contributed by atoms with Crippen LogP contribution in [0, 0.1) is 12.8 Å². The minimum atomic E-state index is -0.419. The average Bonchev–Trinajstić information content (AvgIpc) is 3.11. The minimum Gasteiger partial charge on any atom is -0.340 e. The molecule has 0 bridgehead atoms. The van der Waals surface area contributed by atoms with Gasteiger partial charge in [-0.2, -0.15) is 0 Å². The maximum Gasteiger partial charge on any atom is 0.254 e. The molecule has 0 spiro atoms. The molecule has 6 nitrogen and oxygen atoms in total. The summed E-state index contributed by atoms with van der Waals surface area (Å²) in [5.41, 5.74) is 3.04. The molecule has 2 amide bonds. The van der Waals surface area contributed by atoms with E-state index in [1.807, 2.05) is 47.1 Å². The summed E-state index contributed by atoms with van der Waals surface area (Å²) >= 11 is 0. The number of likely N-dealkylation sites (tertiary alicyclic amines) is 1. The van der Waals surface area contributed by atoms with Crippen molar-refractivity contribution in [1.29, 1.82) is 0 Å². The minimum absolute atomic E-state index is 0.0389. The van der Waals surface area contributed by atoms with E-state index in [4.69, 9.17) is 0 Å². The molecule has 1 N–H and O–H groups in total. The van der Waals surface area contributed by atoms with Gasteiger partial charge in [-0.25, -0.2) is 0 Å². The van der Waals surface area contributed by atoms with Gasteiger partial charge in [-0.05, 0) is 49.9 Å². The second-order valence-corrected chi connectivity index (χ2v) is 10.5. The standard InChI is InChI=1S/C29H40N4O2/c1-22(2)19-32(20-24-8-5-4-6-9-24)26-18-27(29(35)31-16-7-14-30-15-17-31)33(21-26)28(34)25-12-10-23(3)11-13-25/h4-6,8-13,22,26-27,30H,7,14-21H2,1-3H3. The van der Waals surface area contributed by atoms with Crippen molar-refractivity contribution < 1.29 is 9.59 Å². The number of nitrogens with zero attached hydrogens (tertiary/aromatic N) is 3. The molecule has 2 aliphatic rings. The molecule has 4 rings (SSSR count). The molecule has 0 saturated carbocycles. The molecule has 188 valence electrons. The van der Waals surface area contributed by atoms with Gasteiger partial charge in [-0.3, -0.25) is 14.5 Å². The van der Waals surface area contributed by atoms with Gasteiger partial charge in [0.1, 0.15) is 6.04 Å². The Bertz CT molecular complexity index is 968. The number of carbonyl (C=O) groups excluding carboxylic acids is 2. The second-order valence-electron chi connectivity index (χ2n) is 10.5. The van der Waals surface area contributed by atoms with E-state index in [-0.39, 0.29) is 17.9 Å². The molecule has 2 aromatic rings. The molecule has 2 fully saturated rings. The van der Waals surface area contributed by atoms with Crippen molar-refractivity contribution in [1.82, 2.24) is 20.0 Å². The molecule has 2 aliphatic heterocycles. The van der Waals surface area contributed by atoms with Gasteiger partial charge < -0.3 is 15.1 Å². The molecule has 2 heterocycles. The van der Waals surface area contributed by atoms with Crippen molar-refractivity contribution in [3.8, 4) is 0 Å². The monoisotopic (exact) mass is 476 g/mol. The highest BCUT2D eigenvalue weighted by molar-refractivity contribution is 5.98. The number of amides is 2. The molecule has 0 radical (unpaired) electrons. The van der Waals surface area contributed by atoms with E-state index >= 15 is 0 Å². The summed E-state index contributed by atoms with van der Waals surface area (Å²) in [5.74, 6) is 0.551. The van der Waals surface area contributed by atoms with Crippen LogP contribution in [0.15, 0.2) is 54.6 Å². The summed E-state index contributed by atoms with van der Waals surface area (Å²) in [6, 6.07) is 17.9. The summed E-state index contributed by atoms with van der Waals surface area (Å²) in [4.78, 5) is 33.8. The Labute approximate surface area is 210 Å². The van der Waals surface area contributed by atoms with E-state index in [0.717, 1.165) is 44.7 Å². The number of aryl methyl sites for hydroxylation is 1. The number of nitrogens with one attached hydrogen (secondary N) is 1. The van der Waals surface area contributed by atoms with Crippen molar-refractivity contribution in [2.75, 3.05) is 39.3 Å². The average molecular weight is 477 g/mol. The Hall–Kier alpha value is -2.70. The van der Waals surface area contributed by atoms with Crippen molar-refractivity contribution in [2.24, 2.45) is 5.92 Å². The van der Waals surface area contributed by atoms with Gasteiger partial charge >= 0.3 is 0 Å². The van der Waals surface area contributed by atoms with Crippen LogP contribution in [0.3, 0.4) is 0 Å². The molecule has 35 heavy (non-hydrogen) atoms. The fourth-order valence-electron chi connectivity index (χ4n) is 5.31. The smallest absolute Gasteiger partial charge is 0.254 e. The van der Waals surface area contributed by atoms with Crippen molar-refractivity contribution in [3.05, 3.63) is 71.3 Å². The molecule has 2 unspecified atom stereocenters. The molecular formula is C29H40N4O2. The zero-order valence-corrected chi connectivity index (χ0v) is 21.5. The molecule has 2 saturated heterocycles. The Morgan fingerprint density at radius 3 is 2.49 bits per heavy atom. The molecule has 2 aromatic carbocycles. The molecule has 0 aliphatic carbocycles. The van der Waals surface area contributed by atoms with E-state index in [2.05, 4.69) is 48.3 Å². The van der Waals surface area contributed by atoms with Crippen molar-refractivity contribution >= 4 is 11.8 Å². The Kier molecular flexibility index (Phi) is 8.58. The highest BCUT2D eigenvalue weighted by atomic mass is 16.2. The summed E-state index contributed by atoms with van der Waals surface area (Å²) in [7, 11) is 0. The quantitative estimate of drug-likeness (QED) is 0.664. The van der Waals surface area contributed by atoms with E-state index in [1.54, 1.807) is 0 Å². The zero-order chi connectivity index (χ0) is 24.8. The van der Waals surface area contributed by atoms with Crippen LogP contribution in [0.4, 0.5) is 0 Å². The zero-order valence-electron chi connectivity index (χ0n) is 21.5. The van der Waals surface area contributed by atoms with Crippen molar-refractivity contribution in [3.63, 3.8) is 0 Å². The van der Waals surface area contributed by atoms with Crippen LogP contribution in [0.5, 0.6) is 0 Å². The first-order valence-corrected chi connectivity index (χ1v) is 13.1. The van der Waals surface area contributed by atoms with Gasteiger partial charge in [0.2, 0.25) is 5.91 Å². The maximum atomic E-state index is 13.8. The number of rotatable bonds is 7. The molecule has 0 aromatic heterocycles. The Morgan fingerprint density at radius 2 is 1.77 bits per heavy atom. The van der Waals surface area contributed by atoms with E-state index in [0.29, 0.717) is 31.0 Å². The predicted octanol–water partition coefficient (Wildman–Crippen LogP) is 3.56. The number of hydrogen-bond acceptors (Lipinski definition) is 4. The number of hydrogen-bond donors (Lipinski definition) is 1.